The maximum Gasteiger partial charge on any atom is 0.269 e. The predicted octanol–water partition coefficient (Wildman–Crippen LogP) is 4.27. The largest absolute Gasteiger partial charge is 0.319 e. The van der Waals surface area contributed by atoms with Gasteiger partial charge in [-0.05, 0) is 48.9 Å². The molecule has 0 radical (unpaired) electrons. The Labute approximate surface area is 194 Å². The van der Waals surface area contributed by atoms with Crippen LogP contribution in [-0.4, -0.2) is 33.6 Å². The maximum atomic E-state index is 13.6. The first kappa shape index (κ1) is 22.8. The van der Waals surface area contributed by atoms with Gasteiger partial charge in [0.1, 0.15) is 11.9 Å². The number of nitro benzene ring substituents is 1. The van der Waals surface area contributed by atoms with Gasteiger partial charge < -0.3 is 4.90 Å². The Balaban J connectivity index is 1.72. The monoisotopic (exact) mass is 461 g/mol. The number of halogens is 1. The fraction of sp³-hybridized carbons (Fsp3) is 0.160. The van der Waals surface area contributed by atoms with E-state index in [9.17, 15) is 28.9 Å². The molecule has 1 fully saturated rings. The fourth-order valence-electron chi connectivity index (χ4n) is 4.05. The normalized spacial score (nSPS) is 16.4. The minimum Gasteiger partial charge on any atom is -0.319 e. The number of anilines is 1. The molecule has 9 heteroatoms. The first-order chi connectivity index (χ1) is 16.3. The zero-order chi connectivity index (χ0) is 24.4. The van der Waals surface area contributed by atoms with Crippen LogP contribution < -0.4 is 4.90 Å². The van der Waals surface area contributed by atoms with Gasteiger partial charge in [-0.15, -0.1) is 0 Å². The minimum absolute atomic E-state index is 0.147. The van der Waals surface area contributed by atoms with Crippen molar-refractivity contribution in [1.82, 2.24) is 4.90 Å². The molecule has 1 heterocycles. The van der Waals surface area contributed by atoms with Gasteiger partial charge >= 0.3 is 0 Å². The summed E-state index contributed by atoms with van der Waals surface area (Å²) in [7, 11) is 0. The van der Waals surface area contributed by atoms with Crippen LogP contribution in [0.5, 0.6) is 0 Å². The summed E-state index contributed by atoms with van der Waals surface area (Å²) in [6.45, 7) is 1.75. The van der Waals surface area contributed by atoms with Gasteiger partial charge in [-0.25, -0.2) is 9.29 Å². The molecule has 0 spiro atoms. The molecule has 8 nitrogen and oxygen atoms in total. The molecule has 0 aliphatic carbocycles. The van der Waals surface area contributed by atoms with Crippen LogP contribution in [0.2, 0.25) is 0 Å². The van der Waals surface area contributed by atoms with Gasteiger partial charge in [0.25, 0.3) is 17.5 Å². The molecule has 2 unspecified atom stereocenters. The standard InChI is InChI=1S/C25H20FN3O5/c1-16(17-5-3-2-4-6-17)27(24(31)18-7-11-21(12-8-18)29(33)34)22-15-23(30)28(25(22)32)20-13-9-19(26)10-14-20/h2-14,16,22H,15H2,1H3. The summed E-state index contributed by atoms with van der Waals surface area (Å²) in [4.78, 5) is 52.5. The summed E-state index contributed by atoms with van der Waals surface area (Å²) in [6, 6.07) is 17.4. The van der Waals surface area contributed by atoms with Crippen molar-refractivity contribution in [2.24, 2.45) is 0 Å². The van der Waals surface area contributed by atoms with E-state index < -0.39 is 40.5 Å². The Hall–Kier alpha value is -4.40. The second-order valence-electron chi connectivity index (χ2n) is 7.87. The zero-order valence-corrected chi connectivity index (χ0v) is 18.1. The van der Waals surface area contributed by atoms with Crippen molar-refractivity contribution in [3.63, 3.8) is 0 Å². The Morgan fingerprint density at radius 1 is 1.03 bits per heavy atom. The number of nitrogens with zero attached hydrogens (tertiary/aromatic N) is 3. The first-order valence-corrected chi connectivity index (χ1v) is 10.5. The summed E-state index contributed by atoms with van der Waals surface area (Å²) >= 11 is 0. The van der Waals surface area contributed by atoms with Crippen molar-refractivity contribution < 1.29 is 23.7 Å². The Bertz CT molecular complexity index is 1250. The van der Waals surface area contributed by atoms with E-state index in [1.54, 1.807) is 31.2 Å². The summed E-state index contributed by atoms with van der Waals surface area (Å²) < 4.78 is 13.4. The second-order valence-corrected chi connectivity index (χ2v) is 7.87. The Morgan fingerprint density at radius 2 is 1.65 bits per heavy atom. The van der Waals surface area contributed by atoms with E-state index in [-0.39, 0.29) is 23.4 Å². The van der Waals surface area contributed by atoms with E-state index >= 15 is 0 Å². The van der Waals surface area contributed by atoms with Crippen LogP contribution in [0.25, 0.3) is 0 Å². The number of hydrogen-bond donors (Lipinski definition) is 0. The number of imide groups is 1. The van der Waals surface area contributed by atoms with Crippen molar-refractivity contribution in [1.29, 1.82) is 0 Å². The molecule has 0 aromatic heterocycles. The van der Waals surface area contributed by atoms with E-state index in [1.165, 1.54) is 41.3 Å². The number of benzene rings is 3. The van der Waals surface area contributed by atoms with Gasteiger partial charge in [0.2, 0.25) is 5.91 Å². The van der Waals surface area contributed by atoms with Gasteiger partial charge in [-0.2, -0.15) is 0 Å². The van der Waals surface area contributed by atoms with E-state index in [4.69, 9.17) is 0 Å². The van der Waals surface area contributed by atoms with Gasteiger partial charge in [0.05, 0.1) is 23.1 Å². The van der Waals surface area contributed by atoms with Crippen LogP contribution in [0.1, 0.15) is 35.3 Å². The zero-order valence-electron chi connectivity index (χ0n) is 18.1. The highest BCUT2D eigenvalue weighted by Crippen LogP contribution is 2.32. The average Bonchev–Trinajstić information content (AvgIpc) is 3.13. The predicted molar refractivity (Wildman–Crippen MR) is 121 cm³/mol. The molecule has 1 aliphatic rings. The summed E-state index contributed by atoms with van der Waals surface area (Å²) in [5.74, 6) is -2.16. The lowest BCUT2D eigenvalue weighted by molar-refractivity contribution is -0.384. The lowest BCUT2D eigenvalue weighted by Gasteiger charge is -2.33. The third-order valence-electron chi connectivity index (χ3n) is 5.80. The molecule has 172 valence electrons. The quantitative estimate of drug-likeness (QED) is 0.310. The van der Waals surface area contributed by atoms with Crippen LogP contribution in [-0.2, 0) is 9.59 Å². The molecule has 1 aliphatic heterocycles. The van der Waals surface area contributed by atoms with Crippen molar-refractivity contribution in [3.8, 4) is 0 Å². The molecule has 4 rings (SSSR count). The van der Waals surface area contributed by atoms with Crippen molar-refractivity contribution in [2.45, 2.75) is 25.4 Å². The highest BCUT2D eigenvalue weighted by molar-refractivity contribution is 6.23. The molecule has 1 saturated heterocycles. The van der Waals surface area contributed by atoms with Crippen LogP contribution in [0.4, 0.5) is 15.8 Å². The first-order valence-electron chi connectivity index (χ1n) is 10.5. The molecule has 3 aromatic rings. The smallest absolute Gasteiger partial charge is 0.269 e. The van der Waals surface area contributed by atoms with Gasteiger partial charge in [0.15, 0.2) is 0 Å². The highest BCUT2D eigenvalue weighted by Gasteiger charge is 2.46. The van der Waals surface area contributed by atoms with Crippen LogP contribution in [0.15, 0.2) is 78.9 Å². The lowest BCUT2D eigenvalue weighted by Crippen LogP contribution is -2.46. The molecule has 3 aromatic carbocycles. The third-order valence-corrected chi connectivity index (χ3v) is 5.80. The molecule has 34 heavy (non-hydrogen) atoms. The number of nitro groups is 1. The number of amides is 3. The molecular formula is C25H20FN3O5. The lowest BCUT2D eigenvalue weighted by atomic mass is 10.0. The number of rotatable bonds is 6. The number of non-ortho nitro benzene ring substituents is 1. The topological polar surface area (TPSA) is 101 Å². The Kier molecular flexibility index (Phi) is 6.18. The molecule has 3 amide bonds. The average molecular weight is 461 g/mol. The highest BCUT2D eigenvalue weighted by atomic mass is 19.1. The van der Waals surface area contributed by atoms with Gasteiger partial charge in [0, 0.05) is 17.7 Å². The Morgan fingerprint density at radius 3 is 2.24 bits per heavy atom. The number of hydrogen-bond acceptors (Lipinski definition) is 5. The van der Waals surface area contributed by atoms with Crippen molar-refractivity contribution in [3.05, 3.63) is 106 Å². The van der Waals surface area contributed by atoms with Crippen LogP contribution >= 0.6 is 0 Å². The SMILES string of the molecule is CC(c1ccccc1)N(C(=O)c1ccc([N+](=O)[O-])cc1)C1CC(=O)N(c2ccc(F)cc2)C1=O. The van der Waals surface area contributed by atoms with Gasteiger partial charge in [-0.1, -0.05) is 30.3 Å². The van der Waals surface area contributed by atoms with Gasteiger partial charge in [-0.3, -0.25) is 24.5 Å². The van der Waals surface area contributed by atoms with Crippen LogP contribution in [0, 0.1) is 15.9 Å². The third kappa shape index (κ3) is 4.27. The fourth-order valence-corrected chi connectivity index (χ4v) is 4.05. The van der Waals surface area contributed by atoms with Crippen molar-refractivity contribution >= 4 is 29.1 Å². The number of carbonyl (C=O) groups is 3. The second kappa shape index (κ2) is 9.22. The molecule has 2 atom stereocenters. The molecule has 0 N–H and O–H groups in total. The summed E-state index contributed by atoms with van der Waals surface area (Å²) in [6.07, 6.45) is -0.244. The van der Waals surface area contributed by atoms with E-state index in [1.807, 2.05) is 6.07 Å². The van der Waals surface area contributed by atoms with Crippen LogP contribution in [0.3, 0.4) is 0 Å². The number of carbonyl (C=O) groups excluding carboxylic acids is 3. The summed E-state index contributed by atoms with van der Waals surface area (Å²) in [5.41, 5.74) is 0.940. The summed E-state index contributed by atoms with van der Waals surface area (Å²) in [5, 5.41) is 11.0. The van der Waals surface area contributed by atoms with E-state index in [0.29, 0.717) is 0 Å². The van der Waals surface area contributed by atoms with Crippen molar-refractivity contribution in [2.75, 3.05) is 4.90 Å². The van der Waals surface area contributed by atoms with E-state index in [2.05, 4.69) is 0 Å². The molecule has 0 saturated carbocycles. The maximum absolute atomic E-state index is 13.6. The molecular weight excluding hydrogens is 441 g/mol. The minimum atomic E-state index is -1.10. The molecule has 0 bridgehead atoms. The van der Waals surface area contributed by atoms with E-state index in [0.717, 1.165) is 22.6 Å².